The molecule has 0 radical (unpaired) electrons. The lowest BCUT2D eigenvalue weighted by atomic mass is 9.98. The molecule has 1 aliphatic carbocycles. The zero-order chi connectivity index (χ0) is 16.2. The van der Waals surface area contributed by atoms with Crippen LogP contribution in [0.25, 0.3) is 0 Å². The second-order valence-corrected chi connectivity index (χ2v) is 6.76. The van der Waals surface area contributed by atoms with Gasteiger partial charge in [0.1, 0.15) is 0 Å². The van der Waals surface area contributed by atoms with E-state index in [2.05, 4.69) is 39.8 Å². The number of nitrogens with one attached hydrogen (secondary N) is 2. The number of likely N-dealkylation sites (tertiary alicyclic amines) is 1. The normalized spacial score (nSPS) is 26.7. The summed E-state index contributed by atoms with van der Waals surface area (Å²) in [5.74, 6) is 0.983. The fourth-order valence-corrected chi connectivity index (χ4v) is 3.97. The molecule has 124 valence electrons. The van der Waals surface area contributed by atoms with Crippen LogP contribution in [0.1, 0.15) is 25.3 Å². The van der Waals surface area contributed by atoms with Crippen LogP contribution in [0.2, 0.25) is 0 Å². The highest BCUT2D eigenvalue weighted by Gasteiger charge is 2.42. The van der Waals surface area contributed by atoms with E-state index in [1.807, 2.05) is 6.07 Å². The average Bonchev–Trinajstić information content (AvgIpc) is 3.08. The molecular weight excluding hydrogens is 290 g/mol. The van der Waals surface area contributed by atoms with E-state index in [4.69, 9.17) is 0 Å². The van der Waals surface area contributed by atoms with E-state index in [1.54, 1.807) is 0 Å². The maximum atomic E-state index is 11.9. The standard InChI is InChI=1S/C18H25N3O2/c1-13(22)19-9-18(23)20-17-8-7-15-11-21(12-16(15)17)10-14-5-3-2-4-6-14/h2-6,15-17H,7-12H2,1H3,(H,19,22)(H,20,23)/t15-,16-,17+/m0/s1. The Kier molecular flexibility index (Phi) is 4.96. The van der Waals surface area contributed by atoms with E-state index in [9.17, 15) is 9.59 Å². The molecule has 1 saturated heterocycles. The summed E-state index contributed by atoms with van der Waals surface area (Å²) in [5, 5.41) is 5.67. The molecule has 3 atom stereocenters. The van der Waals surface area contributed by atoms with Crippen molar-refractivity contribution in [1.82, 2.24) is 15.5 Å². The van der Waals surface area contributed by atoms with Crippen molar-refractivity contribution in [2.45, 2.75) is 32.4 Å². The molecule has 1 heterocycles. The van der Waals surface area contributed by atoms with Crippen molar-refractivity contribution >= 4 is 11.8 Å². The van der Waals surface area contributed by atoms with Gasteiger partial charge in [0.2, 0.25) is 11.8 Å². The highest BCUT2D eigenvalue weighted by molar-refractivity contribution is 5.83. The van der Waals surface area contributed by atoms with Gasteiger partial charge in [0.05, 0.1) is 6.54 Å². The van der Waals surface area contributed by atoms with Gasteiger partial charge in [-0.05, 0) is 30.2 Å². The first kappa shape index (κ1) is 16.0. The van der Waals surface area contributed by atoms with Gasteiger partial charge in [-0.3, -0.25) is 14.5 Å². The van der Waals surface area contributed by atoms with Gasteiger partial charge >= 0.3 is 0 Å². The number of benzene rings is 1. The summed E-state index contributed by atoms with van der Waals surface area (Å²) in [6.07, 6.45) is 2.24. The molecule has 0 aromatic heterocycles. The predicted molar refractivity (Wildman–Crippen MR) is 88.5 cm³/mol. The Morgan fingerprint density at radius 2 is 1.96 bits per heavy atom. The van der Waals surface area contributed by atoms with E-state index < -0.39 is 0 Å². The first-order valence-corrected chi connectivity index (χ1v) is 8.42. The van der Waals surface area contributed by atoms with Crippen LogP contribution in [0, 0.1) is 11.8 Å². The number of carbonyl (C=O) groups is 2. The Hall–Kier alpha value is -1.88. The van der Waals surface area contributed by atoms with Crippen LogP contribution >= 0.6 is 0 Å². The van der Waals surface area contributed by atoms with Crippen molar-refractivity contribution in [3.05, 3.63) is 35.9 Å². The Bertz CT molecular complexity index is 561. The maximum absolute atomic E-state index is 11.9. The lowest BCUT2D eigenvalue weighted by Crippen LogP contribution is -2.44. The predicted octanol–water partition coefficient (Wildman–Crippen LogP) is 1.15. The molecule has 2 N–H and O–H groups in total. The minimum atomic E-state index is -0.167. The van der Waals surface area contributed by atoms with Gasteiger partial charge < -0.3 is 10.6 Å². The Labute approximate surface area is 137 Å². The molecule has 0 bridgehead atoms. The van der Waals surface area contributed by atoms with E-state index in [0.29, 0.717) is 11.8 Å². The van der Waals surface area contributed by atoms with Crippen LogP contribution in [0.15, 0.2) is 30.3 Å². The van der Waals surface area contributed by atoms with Gasteiger partial charge in [-0.25, -0.2) is 0 Å². The van der Waals surface area contributed by atoms with Crippen LogP contribution in [-0.4, -0.2) is 42.4 Å². The summed E-state index contributed by atoms with van der Waals surface area (Å²) in [6, 6.07) is 10.8. The van der Waals surface area contributed by atoms with Crippen LogP contribution in [0.4, 0.5) is 0 Å². The van der Waals surface area contributed by atoms with Crippen molar-refractivity contribution in [1.29, 1.82) is 0 Å². The van der Waals surface area contributed by atoms with E-state index >= 15 is 0 Å². The molecule has 23 heavy (non-hydrogen) atoms. The summed E-state index contributed by atoms with van der Waals surface area (Å²) in [7, 11) is 0. The zero-order valence-electron chi connectivity index (χ0n) is 13.6. The molecule has 1 aliphatic heterocycles. The fraction of sp³-hybridized carbons (Fsp3) is 0.556. The maximum Gasteiger partial charge on any atom is 0.239 e. The van der Waals surface area contributed by atoms with Crippen molar-refractivity contribution in [3.8, 4) is 0 Å². The summed E-state index contributed by atoms with van der Waals surface area (Å²) in [4.78, 5) is 25.3. The largest absolute Gasteiger partial charge is 0.351 e. The molecule has 3 rings (SSSR count). The minimum absolute atomic E-state index is 0.0765. The quantitative estimate of drug-likeness (QED) is 0.857. The lowest BCUT2D eigenvalue weighted by molar-refractivity contribution is -0.125. The van der Waals surface area contributed by atoms with Crippen LogP contribution in [0.5, 0.6) is 0 Å². The third-order valence-electron chi connectivity index (χ3n) is 5.03. The summed E-state index contributed by atoms with van der Waals surface area (Å²) >= 11 is 0. The first-order chi connectivity index (χ1) is 11.1. The van der Waals surface area contributed by atoms with Crippen molar-refractivity contribution < 1.29 is 9.59 Å². The molecule has 1 saturated carbocycles. The van der Waals surface area contributed by atoms with Crippen molar-refractivity contribution in [2.75, 3.05) is 19.6 Å². The molecular formula is C18H25N3O2. The molecule has 5 nitrogen and oxygen atoms in total. The number of amides is 2. The van der Waals surface area contributed by atoms with Gasteiger partial charge in [-0.2, -0.15) is 0 Å². The first-order valence-electron chi connectivity index (χ1n) is 8.42. The van der Waals surface area contributed by atoms with Crippen molar-refractivity contribution in [2.24, 2.45) is 11.8 Å². The SMILES string of the molecule is CC(=O)NCC(=O)N[C@@H]1CC[C@H]2CN(Cc3ccccc3)C[C@@H]21. The summed E-state index contributed by atoms with van der Waals surface area (Å²) in [5.41, 5.74) is 1.35. The second kappa shape index (κ2) is 7.13. The molecule has 0 unspecified atom stereocenters. The number of hydrogen-bond acceptors (Lipinski definition) is 3. The third-order valence-corrected chi connectivity index (χ3v) is 5.03. The molecule has 2 amide bonds. The Morgan fingerprint density at radius 1 is 1.17 bits per heavy atom. The molecule has 0 spiro atoms. The van der Waals surface area contributed by atoms with Crippen LogP contribution in [0.3, 0.4) is 0 Å². The zero-order valence-corrected chi connectivity index (χ0v) is 13.6. The molecule has 1 aromatic carbocycles. The third kappa shape index (κ3) is 4.10. The summed E-state index contributed by atoms with van der Waals surface area (Å²) in [6.45, 7) is 4.66. The monoisotopic (exact) mass is 315 g/mol. The number of rotatable bonds is 5. The fourth-order valence-electron chi connectivity index (χ4n) is 3.97. The lowest BCUT2D eigenvalue weighted by Gasteiger charge is -2.22. The number of carbonyl (C=O) groups excluding carboxylic acids is 2. The van der Waals surface area contributed by atoms with Crippen LogP contribution in [-0.2, 0) is 16.1 Å². The second-order valence-electron chi connectivity index (χ2n) is 6.76. The Balaban J connectivity index is 1.50. The van der Waals surface area contributed by atoms with Crippen LogP contribution < -0.4 is 10.6 Å². The minimum Gasteiger partial charge on any atom is -0.351 e. The number of fused-ring (bicyclic) bond motifs is 1. The van der Waals surface area contributed by atoms with Gasteiger partial charge in [0, 0.05) is 32.6 Å². The summed E-state index contributed by atoms with van der Waals surface area (Å²) < 4.78 is 0. The van der Waals surface area contributed by atoms with Gasteiger partial charge in [0.15, 0.2) is 0 Å². The van der Waals surface area contributed by atoms with Gasteiger partial charge in [-0.1, -0.05) is 30.3 Å². The Morgan fingerprint density at radius 3 is 2.70 bits per heavy atom. The van der Waals surface area contributed by atoms with E-state index in [0.717, 1.165) is 26.1 Å². The van der Waals surface area contributed by atoms with Gasteiger partial charge in [-0.15, -0.1) is 0 Å². The van der Waals surface area contributed by atoms with Gasteiger partial charge in [0.25, 0.3) is 0 Å². The molecule has 5 heteroatoms. The average molecular weight is 315 g/mol. The van der Waals surface area contributed by atoms with E-state index in [-0.39, 0.29) is 24.4 Å². The molecule has 2 aliphatic rings. The highest BCUT2D eigenvalue weighted by atomic mass is 16.2. The number of hydrogen-bond donors (Lipinski definition) is 2. The highest BCUT2D eigenvalue weighted by Crippen LogP contribution is 2.38. The topological polar surface area (TPSA) is 61.4 Å². The molecule has 1 aromatic rings. The molecule has 2 fully saturated rings. The smallest absolute Gasteiger partial charge is 0.239 e. The number of nitrogens with zero attached hydrogens (tertiary/aromatic N) is 1. The van der Waals surface area contributed by atoms with Crippen molar-refractivity contribution in [3.63, 3.8) is 0 Å². The van der Waals surface area contributed by atoms with E-state index in [1.165, 1.54) is 18.9 Å².